The van der Waals surface area contributed by atoms with E-state index in [2.05, 4.69) is 5.32 Å². The number of aliphatic hydroxyl groups excluding tert-OH is 1. The molecule has 0 aliphatic rings. The largest absolute Gasteiger partial charge is 0.393 e. The number of nitrogens with zero attached hydrogens (tertiary/aromatic N) is 1. The molecule has 0 aliphatic carbocycles. The molecule has 0 aromatic carbocycles. The van der Waals surface area contributed by atoms with Gasteiger partial charge in [0.1, 0.15) is 0 Å². The second kappa shape index (κ2) is 7.51. The van der Waals surface area contributed by atoms with E-state index in [-0.39, 0.29) is 12.1 Å². The van der Waals surface area contributed by atoms with E-state index in [1.165, 1.54) is 0 Å². The van der Waals surface area contributed by atoms with Gasteiger partial charge in [-0.3, -0.25) is 0 Å². The molecule has 2 amide bonds. The zero-order chi connectivity index (χ0) is 11.8. The maximum absolute atomic E-state index is 11.5. The summed E-state index contributed by atoms with van der Waals surface area (Å²) in [5.74, 6) is 0.310. The third-order valence-electron chi connectivity index (χ3n) is 2.40. The minimum Gasteiger partial charge on any atom is -0.393 e. The molecule has 0 unspecified atom stereocenters. The zero-order valence-electron chi connectivity index (χ0n) is 10.3. The summed E-state index contributed by atoms with van der Waals surface area (Å²) in [5, 5.41) is 12.0. The summed E-state index contributed by atoms with van der Waals surface area (Å²) in [6.07, 6.45) is 0.420. The van der Waals surface area contributed by atoms with Gasteiger partial charge in [-0.05, 0) is 33.1 Å². The lowest BCUT2D eigenvalue weighted by molar-refractivity contribution is 0.161. The first-order chi connectivity index (χ1) is 7.01. The summed E-state index contributed by atoms with van der Waals surface area (Å²) in [6, 6.07) is -0.0163. The number of aliphatic hydroxyl groups is 1. The van der Waals surface area contributed by atoms with Crippen molar-refractivity contribution in [3.8, 4) is 0 Å². The third-order valence-corrected chi connectivity index (χ3v) is 2.40. The van der Waals surface area contributed by atoms with E-state index in [1.807, 2.05) is 20.8 Å². The number of amides is 2. The molecule has 0 heterocycles. The minimum atomic E-state index is -0.301. The van der Waals surface area contributed by atoms with Crippen LogP contribution in [0.15, 0.2) is 0 Å². The number of carbonyl (C=O) groups excluding carboxylic acids is 1. The molecule has 0 radical (unpaired) electrons. The molecule has 0 aromatic rings. The molecule has 0 aromatic heterocycles. The van der Waals surface area contributed by atoms with Crippen LogP contribution in [0.1, 0.15) is 34.1 Å². The molecule has 15 heavy (non-hydrogen) atoms. The monoisotopic (exact) mass is 216 g/mol. The van der Waals surface area contributed by atoms with Crippen LogP contribution in [0.5, 0.6) is 0 Å². The molecule has 0 bridgehead atoms. The molecule has 4 nitrogen and oxygen atoms in total. The molecule has 0 saturated carbocycles. The minimum absolute atomic E-state index is 0.0163. The maximum Gasteiger partial charge on any atom is 0.317 e. The lowest BCUT2D eigenvalue weighted by atomic mass is 10.1. The first-order valence-electron chi connectivity index (χ1n) is 5.72. The van der Waals surface area contributed by atoms with Gasteiger partial charge in [0.15, 0.2) is 0 Å². The number of urea groups is 1. The molecule has 0 rings (SSSR count). The lowest BCUT2D eigenvalue weighted by Crippen LogP contribution is -2.41. The van der Waals surface area contributed by atoms with Gasteiger partial charge in [-0.1, -0.05) is 6.92 Å². The Morgan fingerprint density at radius 2 is 1.87 bits per heavy atom. The molecule has 4 heteroatoms. The molecule has 2 N–H and O–H groups in total. The van der Waals surface area contributed by atoms with Crippen LogP contribution in [0, 0.1) is 5.92 Å². The van der Waals surface area contributed by atoms with E-state index in [0.29, 0.717) is 12.5 Å². The number of nitrogens with one attached hydrogen (secondary N) is 1. The van der Waals surface area contributed by atoms with Crippen molar-refractivity contribution in [2.75, 3.05) is 19.6 Å². The van der Waals surface area contributed by atoms with Crippen molar-refractivity contribution in [3.63, 3.8) is 0 Å². The molecule has 0 fully saturated rings. The normalized spacial score (nSPS) is 14.5. The van der Waals surface area contributed by atoms with Gasteiger partial charge >= 0.3 is 6.03 Å². The fourth-order valence-corrected chi connectivity index (χ4v) is 1.55. The van der Waals surface area contributed by atoms with Crippen molar-refractivity contribution in [3.05, 3.63) is 0 Å². The van der Waals surface area contributed by atoms with Crippen LogP contribution in [0.3, 0.4) is 0 Å². The fourth-order valence-electron chi connectivity index (χ4n) is 1.55. The van der Waals surface area contributed by atoms with Crippen molar-refractivity contribution in [2.45, 2.75) is 40.2 Å². The SMILES string of the molecule is CCN(CC)C(=O)NC[C@@H](C)C[C@@H](C)O. The molecule has 2 atom stereocenters. The second-order valence-corrected chi connectivity index (χ2v) is 4.05. The zero-order valence-corrected chi connectivity index (χ0v) is 10.3. The highest BCUT2D eigenvalue weighted by molar-refractivity contribution is 5.74. The van der Waals surface area contributed by atoms with E-state index in [0.717, 1.165) is 19.5 Å². The summed E-state index contributed by atoms with van der Waals surface area (Å²) in [5.41, 5.74) is 0. The van der Waals surface area contributed by atoms with Gasteiger partial charge in [0.05, 0.1) is 6.10 Å². The number of rotatable bonds is 6. The molecular weight excluding hydrogens is 192 g/mol. The Labute approximate surface area is 92.7 Å². The van der Waals surface area contributed by atoms with Crippen molar-refractivity contribution in [2.24, 2.45) is 5.92 Å². The van der Waals surface area contributed by atoms with Crippen LogP contribution >= 0.6 is 0 Å². The molecular formula is C11H24N2O2. The Morgan fingerprint density at radius 3 is 2.27 bits per heavy atom. The smallest absolute Gasteiger partial charge is 0.317 e. The van der Waals surface area contributed by atoms with Crippen molar-refractivity contribution < 1.29 is 9.90 Å². The summed E-state index contributed by atoms with van der Waals surface area (Å²) >= 11 is 0. The number of hydrogen-bond donors (Lipinski definition) is 2. The Kier molecular flexibility index (Phi) is 7.13. The summed E-state index contributed by atoms with van der Waals surface area (Å²) < 4.78 is 0. The fraction of sp³-hybridized carbons (Fsp3) is 0.909. The number of hydrogen-bond acceptors (Lipinski definition) is 2. The standard InChI is InChI=1S/C11H24N2O2/c1-5-13(6-2)11(15)12-8-9(3)7-10(4)14/h9-10,14H,5-8H2,1-4H3,(H,12,15)/t9-,10+/m0/s1. The van der Waals surface area contributed by atoms with Crippen LogP contribution in [0.2, 0.25) is 0 Å². The first kappa shape index (κ1) is 14.2. The van der Waals surface area contributed by atoms with Crippen LogP contribution in [0.4, 0.5) is 4.79 Å². The second-order valence-electron chi connectivity index (χ2n) is 4.05. The van der Waals surface area contributed by atoms with E-state index in [4.69, 9.17) is 5.11 Å². The van der Waals surface area contributed by atoms with Gasteiger partial charge in [-0.25, -0.2) is 4.79 Å². The third kappa shape index (κ3) is 6.33. The van der Waals surface area contributed by atoms with Crippen LogP contribution in [-0.2, 0) is 0 Å². The van der Waals surface area contributed by atoms with Crippen molar-refractivity contribution in [1.29, 1.82) is 0 Å². The highest BCUT2D eigenvalue weighted by Gasteiger charge is 2.11. The molecule has 0 aliphatic heterocycles. The van der Waals surface area contributed by atoms with Crippen LogP contribution < -0.4 is 5.32 Å². The topological polar surface area (TPSA) is 52.6 Å². The van der Waals surface area contributed by atoms with Gasteiger partial charge in [0.2, 0.25) is 0 Å². The highest BCUT2D eigenvalue weighted by Crippen LogP contribution is 2.04. The van der Waals surface area contributed by atoms with Gasteiger partial charge in [0.25, 0.3) is 0 Å². The Bertz CT molecular complexity index is 179. The average Bonchev–Trinajstić information content (AvgIpc) is 2.15. The molecule has 90 valence electrons. The van der Waals surface area contributed by atoms with Crippen molar-refractivity contribution in [1.82, 2.24) is 10.2 Å². The maximum atomic E-state index is 11.5. The van der Waals surface area contributed by atoms with Gasteiger partial charge in [-0.15, -0.1) is 0 Å². The van der Waals surface area contributed by atoms with Crippen LogP contribution in [-0.4, -0.2) is 41.8 Å². The highest BCUT2D eigenvalue weighted by atomic mass is 16.3. The Hall–Kier alpha value is -0.770. The van der Waals surface area contributed by atoms with E-state index >= 15 is 0 Å². The van der Waals surface area contributed by atoms with Crippen molar-refractivity contribution >= 4 is 6.03 Å². The summed E-state index contributed by atoms with van der Waals surface area (Å²) in [4.78, 5) is 13.3. The first-order valence-corrected chi connectivity index (χ1v) is 5.72. The predicted molar refractivity (Wildman–Crippen MR) is 61.8 cm³/mol. The van der Waals surface area contributed by atoms with E-state index in [1.54, 1.807) is 11.8 Å². The summed E-state index contributed by atoms with van der Waals surface area (Å²) in [7, 11) is 0. The number of carbonyl (C=O) groups is 1. The predicted octanol–water partition coefficient (Wildman–Crippen LogP) is 1.44. The average molecular weight is 216 g/mol. The van der Waals surface area contributed by atoms with Gasteiger partial charge < -0.3 is 15.3 Å². The Balaban J connectivity index is 3.79. The quantitative estimate of drug-likeness (QED) is 0.706. The summed E-state index contributed by atoms with van der Waals surface area (Å²) in [6.45, 7) is 9.79. The van der Waals surface area contributed by atoms with E-state index < -0.39 is 0 Å². The van der Waals surface area contributed by atoms with Gasteiger partial charge in [-0.2, -0.15) is 0 Å². The van der Waals surface area contributed by atoms with Crippen LogP contribution in [0.25, 0.3) is 0 Å². The Morgan fingerprint density at radius 1 is 1.33 bits per heavy atom. The van der Waals surface area contributed by atoms with E-state index in [9.17, 15) is 4.79 Å². The van der Waals surface area contributed by atoms with Gasteiger partial charge in [0, 0.05) is 19.6 Å². The molecule has 0 saturated heterocycles. The molecule has 0 spiro atoms. The lowest BCUT2D eigenvalue weighted by Gasteiger charge is -2.21.